The minimum atomic E-state index is -0.427. The van der Waals surface area contributed by atoms with E-state index in [1.807, 2.05) is 31.2 Å². The minimum Gasteiger partial charge on any atom is -0.378 e. The molecule has 5 nitrogen and oxygen atoms in total. The third-order valence-electron chi connectivity index (χ3n) is 3.91. The number of rotatable bonds is 0. The molecule has 0 saturated carbocycles. The number of hydrogen-bond acceptors (Lipinski definition) is 3. The molecule has 3 rings (SSSR count). The molecule has 1 unspecified atom stereocenters. The maximum Gasteiger partial charge on any atom is 0.316 e. The summed E-state index contributed by atoms with van der Waals surface area (Å²) in [6.45, 7) is 3.98. The second kappa shape index (κ2) is 5.25. The van der Waals surface area contributed by atoms with Gasteiger partial charge in [0.05, 0.1) is 13.2 Å². The van der Waals surface area contributed by atoms with Gasteiger partial charge in [-0.05, 0) is 25.0 Å². The van der Waals surface area contributed by atoms with E-state index in [1.54, 1.807) is 9.80 Å². The number of para-hydroxylation sites is 1. The van der Waals surface area contributed by atoms with Crippen molar-refractivity contribution in [2.45, 2.75) is 19.4 Å². The van der Waals surface area contributed by atoms with E-state index >= 15 is 0 Å². The third-order valence-corrected chi connectivity index (χ3v) is 3.91. The van der Waals surface area contributed by atoms with Crippen LogP contribution in [-0.2, 0) is 20.7 Å². The first-order valence-corrected chi connectivity index (χ1v) is 6.96. The number of carbonyl (C=O) groups is 2. The lowest BCUT2D eigenvalue weighted by Crippen LogP contribution is -2.50. The summed E-state index contributed by atoms with van der Waals surface area (Å²) in [4.78, 5) is 28.0. The predicted molar refractivity (Wildman–Crippen MR) is 74.5 cm³/mol. The molecule has 106 valence electrons. The van der Waals surface area contributed by atoms with Gasteiger partial charge in [0.25, 0.3) is 0 Å². The van der Waals surface area contributed by atoms with Gasteiger partial charge in [0.15, 0.2) is 0 Å². The van der Waals surface area contributed by atoms with Crippen LogP contribution in [0.1, 0.15) is 12.5 Å². The van der Waals surface area contributed by atoms with Crippen molar-refractivity contribution in [3.05, 3.63) is 29.8 Å². The lowest BCUT2D eigenvalue weighted by molar-refractivity contribution is -0.147. The minimum absolute atomic E-state index is 0.0323. The van der Waals surface area contributed by atoms with Crippen LogP contribution >= 0.6 is 0 Å². The predicted octanol–water partition coefficient (Wildman–Crippen LogP) is 0.823. The van der Waals surface area contributed by atoms with E-state index in [0.29, 0.717) is 26.3 Å². The van der Waals surface area contributed by atoms with Gasteiger partial charge in [-0.1, -0.05) is 18.2 Å². The van der Waals surface area contributed by atoms with Gasteiger partial charge in [-0.15, -0.1) is 0 Å². The van der Waals surface area contributed by atoms with Crippen molar-refractivity contribution in [3.8, 4) is 0 Å². The van der Waals surface area contributed by atoms with Crippen LogP contribution in [0.2, 0.25) is 0 Å². The Labute approximate surface area is 118 Å². The van der Waals surface area contributed by atoms with E-state index in [1.165, 1.54) is 0 Å². The standard InChI is InChI=1S/C15H18N2O3/c1-11-10-12-4-2-3-5-13(12)17(11)15(19)14(18)16-6-8-20-9-7-16/h2-5,11H,6-10H2,1H3. The molecule has 1 aromatic carbocycles. The van der Waals surface area contributed by atoms with E-state index in [-0.39, 0.29) is 6.04 Å². The Morgan fingerprint density at radius 2 is 1.85 bits per heavy atom. The van der Waals surface area contributed by atoms with Gasteiger partial charge in [0.1, 0.15) is 0 Å². The number of morpholine rings is 1. The molecule has 0 N–H and O–H groups in total. The molecule has 0 bridgehead atoms. The van der Waals surface area contributed by atoms with Crippen molar-refractivity contribution in [2.75, 3.05) is 31.2 Å². The first-order chi connectivity index (χ1) is 9.68. The van der Waals surface area contributed by atoms with Crippen molar-refractivity contribution in [3.63, 3.8) is 0 Å². The maximum absolute atomic E-state index is 12.5. The molecule has 0 aromatic heterocycles. The monoisotopic (exact) mass is 274 g/mol. The van der Waals surface area contributed by atoms with Gasteiger partial charge in [-0.2, -0.15) is 0 Å². The quantitative estimate of drug-likeness (QED) is 0.658. The third kappa shape index (κ3) is 2.18. The zero-order valence-electron chi connectivity index (χ0n) is 11.5. The van der Waals surface area contributed by atoms with Gasteiger partial charge in [0, 0.05) is 24.8 Å². The molecule has 2 aliphatic rings. The van der Waals surface area contributed by atoms with Crippen LogP contribution in [0.4, 0.5) is 5.69 Å². The lowest BCUT2D eigenvalue weighted by Gasteiger charge is -2.29. The second-order valence-electron chi connectivity index (χ2n) is 5.26. The highest BCUT2D eigenvalue weighted by Gasteiger charge is 2.36. The summed E-state index contributed by atoms with van der Waals surface area (Å²) in [6.07, 6.45) is 0.804. The number of benzene rings is 1. The molecule has 1 atom stereocenters. The largest absolute Gasteiger partial charge is 0.378 e. The Kier molecular flexibility index (Phi) is 3.44. The number of fused-ring (bicyclic) bond motifs is 1. The smallest absolute Gasteiger partial charge is 0.316 e. The molecule has 1 fully saturated rings. The van der Waals surface area contributed by atoms with E-state index in [0.717, 1.165) is 17.7 Å². The van der Waals surface area contributed by atoms with Gasteiger partial charge in [-0.25, -0.2) is 0 Å². The van der Waals surface area contributed by atoms with Crippen LogP contribution in [-0.4, -0.2) is 49.1 Å². The fourth-order valence-corrected chi connectivity index (χ4v) is 2.88. The van der Waals surface area contributed by atoms with Crippen LogP contribution in [0.3, 0.4) is 0 Å². The zero-order valence-corrected chi connectivity index (χ0v) is 11.5. The van der Waals surface area contributed by atoms with Gasteiger partial charge in [-0.3, -0.25) is 9.59 Å². The Bertz CT molecular complexity index is 538. The summed E-state index contributed by atoms with van der Waals surface area (Å²) in [5, 5.41) is 0. The maximum atomic E-state index is 12.5. The number of amides is 2. The van der Waals surface area contributed by atoms with E-state index < -0.39 is 11.8 Å². The summed E-state index contributed by atoms with van der Waals surface area (Å²) in [5.41, 5.74) is 2.00. The van der Waals surface area contributed by atoms with Gasteiger partial charge < -0.3 is 14.5 Å². The van der Waals surface area contributed by atoms with Gasteiger partial charge >= 0.3 is 11.8 Å². The van der Waals surface area contributed by atoms with Crippen LogP contribution in [0.5, 0.6) is 0 Å². The summed E-state index contributed by atoms with van der Waals surface area (Å²) >= 11 is 0. The lowest BCUT2D eigenvalue weighted by atomic mass is 10.1. The van der Waals surface area contributed by atoms with Crippen LogP contribution in [0.25, 0.3) is 0 Å². The number of nitrogens with zero attached hydrogens (tertiary/aromatic N) is 2. The molecule has 2 heterocycles. The summed E-state index contributed by atoms with van der Waals surface area (Å²) < 4.78 is 5.21. The Balaban J connectivity index is 1.81. The fraction of sp³-hybridized carbons (Fsp3) is 0.467. The number of hydrogen-bond donors (Lipinski definition) is 0. The van der Waals surface area contributed by atoms with Crippen molar-refractivity contribution >= 4 is 17.5 Å². The number of anilines is 1. The van der Waals surface area contributed by atoms with E-state index in [9.17, 15) is 9.59 Å². The highest BCUT2D eigenvalue weighted by molar-refractivity contribution is 6.40. The molecule has 0 aliphatic carbocycles. The van der Waals surface area contributed by atoms with Crippen LogP contribution in [0.15, 0.2) is 24.3 Å². The van der Waals surface area contributed by atoms with Crippen molar-refractivity contribution in [1.82, 2.24) is 4.90 Å². The molecule has 0 spiro atoms. The Morgan fingerprint density at radius 1 is 1.15 bits per heavy atom. The number of carbonyl (C=O) groups excluding carboxylic acids is 2. The van der Waals surface area contributed by atoms with Crippen molar-refractivity contribution in [2.24, 2.45) is 0 Å². The fourth-order valence-electron chi connectivity index (χ4n) is 2.88. The molecule has 20 heavy (non-hydrogen) atoms. The first kappa shape index (κ1) is 13.1. The summed E-state index contributed by atoms with van der Waals surface area (Å²) in [6, 6.07) is 7.81. The second-order valence-corrected chi connectivity index (χ2v) is 5.26. The number of ether oxygens (including phenoxy) is 1. The molecule has 2 amide bonds. The topological polar surface area (TPSA) is 49.9 Å². The first-order valence-electron chi connectivity index (χ1n) is 6.96. The summed E-state index contributed by atoms with van der Waals surface area (Å²) in [7, 11) is 0. The highest BCUT2D eigenvalue weighted by atomic mass is 16.5. The average Bonchev–Trinajstić information content (AvgIpc) is 2.82. The highest BCUT2D eigenvalue weighted by Crippen LogP contribution is 2.32. The van der Waals surface area contributed by atoms with Crippen molar-refractivity contribution in [1.29, 1.82) is 0 Å². The normalized spacial score (nSPS) is 21.8. The SMILES string of the molecule is CC1Cc2ccccc2N1C(=O)C(=O)N1CCOCC1. The Hall–Kier alpha value is -1.88. The average molecular weight is 274 g/mol. The van der Waals surface area contributed by atoms with Crippen LogP contribution in [0, 0.1) is 0 Å². The zero-order chi connectivity index (χ0) is 14.1. The van der Waals surface area contributed by atoms with Crippen molar-refractivity contribution < 1.29 is 14.3 Å². The molecule has 2 aliphatic heterocycles. The van der Waals surface area contributed by atoms with Crippen LogP contribution < -0.4 is 4.90 Å². The Morgan fingerprint density at radius 3 is 2.60 bits per heavy atom. The molecule has 5 heteroatoms. The van der Waals surface area contributed by atoms with E-state index in [2.05, 4.69) is 0 Å². The van der Waals surface area contributed by atoms with Gasteiger partial charge in [0.2, 0.25) is 0 Å². The summed E-state index contributed by atoms with van der Waals surface area (Å²) in [5.74, 6) is -0.846. The molecule has 1 aromatic rings. The molecule has 0 radical (unpaired) electrons. The van der Waals surface area contributed by atoms with E-state index in [4.69, 9.17) is 4.74 Å². The molecular formula is C15H18N2O3. The molecular weight excluding hydrogens is 256 g/mol. The molecule has 1 saturated heterocycles.